The van der Waals surface area contributed by atoms with Crippen LogP contribution in [0.1, 0.15) is 12.5 Å². The van der Waals surface area contributed by atoms with E-state index in [-0.39, 0.29) is 6.17 Å². The molecular weight excluding hydrogens is 222 g/mol. The van der Waals surface area contributed by atoms with Gasteiger partial charge in [0, 0.05) is 11.1 Å². The van der Waals surface area contributed by atoms with Crippen molar-refractivity contribution in [1.82, 2.24) is 10.9 Å². The van der Waals surface area contributed by atoms with Gasteiger partial charge in [-0.25, -0.2) is 10.4 Å². The molecule has 0 radical (unpaired) electrons. The molecule has 0 fully saturated rings. The van der Waals surface area contributed by atoms with Crippen LogP contribution in [-0.2, 0) is 0 Å². The van der Waals surface area contributed by atoms with Crippen molar-refractivity contribution in [3.05, 3.63) is 59.7 Å². The van der Waals surface area contributed by atoms with Gasteiger partial charge in [-0.3, -0.25) is 0 Å². The quantitative estimate of drug-likeness (QED) is 0.623. The van der Waals surface area contributed by atoms with E-state index in [1.54, 1.807) is 6.08 Å². The highest BCUT2D eigenvalue weighted by atomic mass is 15.5. The van der Waals surface area contributed by atoms with E-state index >= 15 is 0 Å². The van der Waals surface area contributed by atoms with Gasteiger partial charge >= 0.3 is 0 Å². The van der Waals surface area contributed by atoms with Crippen LogP contribution < -0.4 is 10.9 Å². The second-order valence-electron chi connectivity index (χ2n) is 3.83. The summed E-state index contributed by atoms with van der Waals surface area (Å²) in [4.78, 5) is 4.58. The van der Waals surface area contributed by atoms with E-state index in [2.05, 4.69) is 21.8 Å². The molecule has 0 saturated carbocycles. The summed E-state index contributed by atoms with van der Waals surface area (Å²) < 4.78 is 0. The first kappa shape index (κ1) is 12.2. The maximum atomic E-state index is 5.32. The molecular formula is C15H15N3. The second kappa shape index (κ2) is 5.85. The van der Waals surface area contributed by atoms with Crippen LogP contribution in [-0.4, -0.2) is 12.0 Å². The minimum Gasteiger partial charge on any atom is -0.303 e. The Kier molecular flexibility index (Phi) is 3.95. The first-order chi connectivity index (χ1) is 8.85. The summed E-state index contributed by atoms with van der Waals surface area (Å²) in [6, 6.07) is 9.97. The molecule has 1 aromatic rings. The summed E-state index contributed by atoms with van der Waals surface area (Å²) in [5, 5.41) is 0. The van der Waals surface area contributed by atoms with Crippen molar-refractivity contribution >= 4 is 5.84 Å². The van der Waals surface area contributed by atoms with Crippen LogP contribution in [0.2, 0.25) is 0 Å². The Labute approximate surface area is 107 Å². The van der Waals surface area contributed by atoms with Crippen molar-refractivity contribution in [1.29, 1.82) is 0 Å². The fraction of sp³-hybridized carbons (Fsp3) is 0.133. The summed E-state index contributed by atoms with van der Waals surface area (Å²) >= 11 is 0. The lowest BCUT2D eigenvalue weighted by Gasteiger charge is -2.07. The minimum atomic E-state index is -0.146. The molecule has 2 N–H and O–H groups in total. The summed E-state index contributed by atoms with van der Waals surface area (Å²) in [6.45, 7) is 1.95. The van der Waals surface area contributed by atoms with Gasteiger partial charge in [0.15, 0.2) is 0 Å². The predicted octanol–water partition coefficient (Wildman–Crippen LogP) is 2.00. The van der Waals surface area contributed by atoms with Crippen molar-refractivity contribution in [2.75, 3.05) is 0 Å². The lowest BCUT2D eigenvalue weighted by atomic mass is 10.2. The molecule has 0 bridgehead atoms. The Morgan fingerprint density at radius 1 is 1.39 bits per heavy atom. The van der Waals surface area contributed by atoms with Gasteiger partial charge in [-0.1, -0.05) is 48.4 Å². The first-order valence-corrected chi connectivity index (χ1v) is 5.79. The van der Waals surface area contributed by atoms with Gasteiger partial charge in [0.2, 0.25) is 0 Å². The first-order valence-electron chi connectivity index (χ1n) is 5.79. The van der Waals surface area contributed by atoms with E-state index in [1.165, 1.54) is 0 Å². The fourth-order valence-electron chi connectivity index (χ4n) is 1.74. The van der Waals surface area contributed by atoms with E-state index in [0.717, 1.165) is 17.0 Å². The molecule has 0 saturated heterocycles. The van der Waals surface area contributed by atoms with E-state index in [0.29, 0.717) is 0 Å². The molecule has 1 aliphatic heterocycles. The standard InChI is InChI=1S/C15H15N3/c1-3-8-12(9-4-2)14-16-15(18-17-14)13-10-6-5-7-11-13/h1,4-11,14,17H,2H3,(H,16,18)/b9-4-,12-8+. The zero-order chi connectivity index (χ0) is 12.8. The van der Waals surface area contributed by atoms with Crippen LogP contribution in [0.5, 0.6) is 0 Å². The van der Waals surface area contributed by atoms with E-state index in [4.69, 9.17) is 6.42 Å². The third-order valence-corrected chi connectivity index (χ3v) is 2.56. The van der Waals surface area contributed by atoms with Crippen LogP contribution in [0, 0.1) is 12.3 Å². The van der Waals surface area contributed by atoms with Gasteiger partial charge in [-0.2, -0.15) is 0 Å². The number of benzene rings is 1. The van der Waals surface area contributed by atoms with Crippen molar-refractivity contribution < 1.29 is 0 Å². The number of hydrogen-bond acceptors (Lipinski definition) is 3. The van der Waals surface area contributed by atoms with Gasteiger partial charge < -0.3 is 5.43 Å². The summed E-state index contributed by atoms with van der Waals surface area (Å²) in [6.07, 6.45) is 10.8. The number of rotatable bonds is 3. The van der Waals surface area contributed by atoms with E-state index < -0.39 is 0 Å². The highest BCUT2D eigenvalue weighted by Gasteiger charge is 2.18. The number of hydrazine groups is 1. The van der Waals surface area contributed by atoms with Crippen molar-refractivity contribution in [3.63, 3.8) is 0 Å². The van der Waals surface area contributed by atoms with Gasteiger partial charge in [-0.15, -0.1) is 6.42 Å². The highest BCUT2D eigenvalue weighted by molar-refractivity contribution is 5.99. The molecule has 1 heterocycles. The summed E-state index contributed by atoms with van der Waals surface area (Å²) in [5.74, 6) is 3.36. The smallest absolute Gasteiger partial charge is 0.144 e. The number of terminal acetylenes is 1. The average Bonchev–Trinajstić information content (AvgIpc) is 2.89. The minimum absolute atomic E-state index is 0.146. The number of nitrogens with one attached hydrogen (secondary N) is 2. The normalized spacial score (nSPS) is 19.4. The van der Waals surface area contributed by atoms with Crippen LogP contribution in [0.25, 0.3) is 0 Å². The molecule has 0 amide bonds. The summed E-state index contributed by atoms with van der Waals surface area (Å²) in [7, 11) is 0. The van der Waals surface area contributed by atoms with Gasteiger partial charge in [0.1, 0.15) is 12.0 Å². The number of amidine groups is 1. The third kappa shape index (κ3) is 2.68. The van der Waals surface area contributed by atoms with E-state index in [1.807, 2.05) is 49.4 Å². The number of allylic oxidation sites excluding steroid dienone is 2. The lowest BCUT2D eigenvalue weighted by Crippen LogP contribution is -2.35. The molecule has 3 heteroatoms. The Morgan fingerprint density at radius 3 is 2.83 bits per heavy atom. The number of nitrogens with zero attached hydrogens (tertiary/aromatic N) is 1. The van der Waals surface area contributed by atoms with Crippen LogP contribution in [0.15, 0.2) is 59.1 Å². The Balaban J connectivity index is 2.23. The van der Waals surface area contributed by atoms with Crippen LogP contribution in [0.3, 0.4) is 0 Å². The Morgan fingerprint density at radius 2 is 2.17 bits per heavy atom. The second-order valence-corrected chi connectivity index (χ2v) is 3.83. The number of aliphatic imine (C=N–C) groups is 1. The lowest BCUT2D eigenvalue weighted by molar-refractivity contribution is 0.618. The molecule has 3 nitrogen and oxygen atoms in total. The maximum absolute atomic E-state index is 5.32. The predicted molar refractivity (Wildman–Crippen MR) is 74.8 cm³/mol. The Hall–Kier alpha value is -2.31. The van der Waals surface area contributed by atoms with Gasteiger partial charge in [0.05, 0.1) is 0 Å². The summed E-state index contributed by atoms with van der Waals surface area (Å²) in [5.41, 5.74) is 8.19. The maximum Gasteiger partial charge on any atom is 0.144 e. The monoisotopic (exact) mass is 237 g/mol. The Bertz CT molecular complexity index is 533. The van der Waals surface area contributed by atoms with Crippen LogP contribution >= 0.6 is 0 Å². The molecule has 1 atom stereocenters. The van der Waals surface area contributed by atoms with Crippen molar-refractivity contribution in [2.45, 2.75) is 13.1 Å². The zero-order valence-electron chi connectivity index (χ0n) is 10.2. The average molecular weight is 237 g/mol. The van der Waals surface area contributed by atoms with Crippen molar-refractivity contribution in [2.24, 2.45) is 4.99 Å². The molecule has 90 valence electrons. The van der Waals surface area contributed by atoms with Crippen LogP contribution in [0.4, 0.5) is 0 Å². The third-order valence-electron chi connectivity index (χ3n) is 2.56. The molecule has 1 aromatic carbocycles. The fourth-order valence-corrected chi connectivity index (χ4v) is 1.74. The SMILES string of the molecule is C#C/C=C(\C=C/C)C1N=C(c2ccccc2)NN1. The van der Waals surface area contributed by atoms with Gasteiger partial charge in [0.25, 0.3) is 0 Å². The molecule has 2 rings (SSSR count). The van der Waals surface area contributed by atoms with Crippen molar-refractivity contribution in [3.8, 4) is 12.3 Å². The van der Waals surface area contributed by atoms with Gasteiger partial charge in [-0.05, 0) is 13.0 Å². The zero-order valence-corrected chi connectivity index (χ0v) is 10.2. The van der Waals surface area contributed by atoms with E-state index in [9.17, 15) is 0 Å². The topological polar surface area (TPSA) is 36.4 Å². The molecule has 0 aromatic heterocycles. The molecule has 0 spiro atoms. The highest BCUT2D eigenvalue weighted by Crippen LogP contribution is 2.11. The molecule has 0 aliphatic carbocycles. The molecule has 1 aliphatic rings. The largest absolute Gasteiger partial charge is 0.303 e. The number of hydrogen-bond donors (Lipinski definition) is 2. The molecule has 18 heavy (non-hydrogen) atoms. The molecule has 1 unspecified atom stereocenters.